The summed E-state index contributed by atoms with van der Waals surface area (Å²) in [6.07, 6.45) is 3.36. The standard InChI is InChI=1S/C15H21NO3/c1-19-11-12-7-3-4-8-13(12)14(15(17)18)16-9-5-2-6-10-16/h3-4,7-8,14H,2,5-6,9-11H2,1H3,(H,17,18). The van der Waals surface area contributed by atoms with E-state index in [1.165, 1.54) is 6.42 Å². The fourth-order valence-electron chi connectivity index (χ4n) is 2.75. The monoisotopic (exact) mass is 263 g/mol. The minimum atomic E-state index is -0.773. The number of nitrogens with zero attached hydrogens (tertiary/aromatic N) is 1. The van der Waals surface area contributed by atoms with Crippen molar-refractivity contribution in [1.29, 1.82) is 0 Å². The Morgan fingerprint density at radius 2 is 2.00 bits per heavy atom. The van der Waals surface area contributed by atoms with Crippen LogP contribution in [0.5, 0.6) is 0 Å². The fourth-order valence-corrected chi connectivity index (χ4v) is 2.75. The van der Waals surface area contributed by atoms with Gasteiger partial charge in [-0.1, -0.05) is 30.7 Å². The van der Waals surface area contributed by atoms with Crippen LogP contribution in [0.4, 0.5) is 0 Å². The van der Waals surface area contributed by atoms with E-state index in [0.717, 1.165) is 37.1 Å². The van der Waals surface area contributed by atoms with Gasteiger partial charge in [-0.3, -0.25) is 9.69 Å². The maximum atomic E-state index is 11.7. The van der Waals surface area contributed by atoms with Crippen LogP contribution >= 0.6 is 0 Å². The Morgan fingerprint density at radius 3 is 2.63 bits per heavy atom. The first-order valence-corrected chi connectivity index (χ1v) is 6.77. The molecule has 19 heavy (non-hydrogen) atoms. The number of likely N-dealkylation sites (tertiary alicyclic amines) is 1. The lowest BCUT2D eigenvalue weighted by Gasteiger charge is -2.33. The van der Waals surface area contributed by atoms with Crippen molar-refractivity contribution < 1.29 is 14.6 Å². The lowest BCUT2D eigenvalue weighted by Crippen LogP contribution is -2.38. The Balaban J connectivity index is 2.30. The summed E-state index contributed by atoms with van der Waals surface area (Å²) in [5.74, 6) is -0.773. The van der Waals surface area contributed by atoms with Gasteiger partial charge in [0.05, 0.1) is 6.61 Å². The average molecular weight is 263 g/mol. The van der Waals surface area contributed by atoms with Crippen molar-refractivity contribution in [1.82, 2.24) is 4.90 Å². The number of benzene rings is 1. The molecule has 4 heteroatoms. The minimum Gasteiger partial charge on any atom is -0.480 e. The first-order valence-electron chi connectivity index (χ1n) is 6.77. The van der Waals surface area contributed by atoms with Gasteiger partial charge >= 0.3 is 5.97 Å². The van der Waals surface area contributed by atoms with Gasteiger partial charge in [0.2, 0.25) is 0 Å². The van der Waals surface area contributed by atoms with Crippen LogP contribution in [0.25, 0.3) is 0 Å². The molecule has 1 heterocycles. The molecule has 1 saturated heterocycles. The minimum absolute atomic E-state index is 0.452. The number of rotatable bonds is 5. The summed E-state index contributed by atoms with van der Waals surface area (Å²) in [7, 11) is 1.63. The van der Waals surface area contributed by atoms with Gasteiger partial charge in [0.1, 0.15) is 6.04 Å². The number of hydrogen-bond acceptors (Lipinski definition) is 3. The molecule has 1 atom stereocenters. The van der Waals surface area contributed by atoms with Crippen LogP contribution in [0.2, 0.25) is 0 Å². The maximum Gasteiger partial charge on any atom is 0.325 e. The van der Waals surface area contributed by atoms with Crippen LogP contribution in [-0.2, 0) is 16.1 Å². The topological polar surface area (TPSA) is 49.8 Å². The Kier molecular flexibility index (Phi) is 4.93. The molecule has 1 aromatic carbocycles. The van der Waals surface area contributed by atoms with Gasteiger partial charge in [-0.05, 0) is 37.1 Å². The second-order valence-corrected chi connectivity index (χ2v) is 4.97. The molecular weight excluding hydrogens is 242 g/mol. The van der Waals surface area contributed by atoms with Crippen LogP contribution in [0.3, 0.4) is 0 Å². The molecule has 1 fully saturated rings. The van der Waals surface area contributed by atoms with Gasteiger partial charge in [0, 0.05) is 7.11 Å². The molecule has 0 radical (unpaired) electrons. The van der Waals surface area contributed by atoms with Crippen LogP contribution in [0.1, 0.15) is 36.4 Å². The van der Waals surface area contributed by atoms with Gasteiger partial charge < -0.3 is 9.84 Å². The van der Waals surface area contributed by atoms with Gasteiger partial charge in [-0.2, -0.15) is 0 Å². The Hall–Kier alpha value is -1.39. The van der Waals surface area contributed by atoms with Gasteiger partial charge in [0.25, 0.3) is 0 Å². The molecule has 0 aromatic heterocycles. The fraction of sp³-hybridized carbons (Fsp3) is 0.533. The smallest absolute Gasteiger partial charge is 0.325 e. The third kappa shape index (κ3) is 3.33. The molecule has 0 amide bonds. The molecule has 0 aliphatic carbocycles. The van der Waals surface area contributed by atoms with Crippen molar-refractivity contribution in [3.63, 3.8) is 0 Å². The normalized spacial score (nSPS) is 18.2. The van der Waals surface area contributed by atoms with E-state index in [1.54, 1.807) is 7.11 Å². The zero-order chi connectivity index (χ0) is 13.7. The zero-order valence-electron chi connectivity index (χ0n) is 11.3. The highest BCUT2D eigenvalue weighted by Crippen LogP contribution is 2.27. The van der Waals surface area contributed by atoms with E-state index in [0.29, 0.717) is 6.61 Å². The molecule has 1 aliphatic heterocycles. The predicted octanol–water partition coefficient (Wildman–Crippen LogP) is 2.44. The largest absolute Gasteiger partial charge is 0.480 e. The molecule has 1 N–H and O–H groups in total. The van der Waals surface area contributed by atoms with Crippen molar-refractivity contribution in [2.75, 3.05) is 20.2 Å². The molecular formula is C15H21NO3. The van der Waals surface area contributed by atoms with Crippen molar-refractivity contribution in [2.24, 2.45) is 0 Å². The SMILES string of the molecule is COCc1ccccc1C(C(=O)O)N1CCCCC1. The second kappa shape index (κ2) is 6.68. The molecule has 0 saturated carbocycles. The third-order valence-corrected chi connectivity index (χ3v) is 3.64. The van der Waals surface area contributed by atoms with E-state index in [9.17, 15) is 9.90 Å². The number of ether oxygens (including phenoxy) is 1. The molecule has 2 rings (SSSR count). The van der Waals surface area contributed by atoms with E-state index < -0.39 is 12.0 Å². The van der Waals surface area contributed by atoms with Crippen molar-refractivity contribution >= 4 is 5.97 Å². The highest BCUT2D eigenvalue weighted by atomic mass is 16.5. The highest BCUT2D eigenvalue weighted by Gasteiger charge is 2.29. The summed E-state index contributed by atoms with van der Waals surface area (Å²) in [6.45, 7) is 2.17. The van der Waals surface area contributed by atoms with E-state index in [4.69, 9.17) is 4.74 Å². The van der Waals surface area contributed by atoms with Crippen molar-refractivity contribution in [2.45, 2.75) is 31.9 Å². The summed E-state index contributed by atoms with van der Waals surface area (Å²) in [5.41, 5.74) is 1.82. The van der Waals surface area contributed by atoms with Gasteiger partial charge in [-0.25, -0.2) is 0 Å². The number of carboxylic acid groups (broad SMARTS) is 1. The lowest BCUT2D eigenvalue weighted by molar-refractivity contribution is -0.144. The van der Waals surface area contributed by atoms with Crippen LogP contribution in [0, 0.1) is 0 Å². The van der Waals surface area contributed by atoms with E-state index in [2.05, 4.69) is 4.90 Å². The number of carbonyl (C=O) groups is 1. The zero-order valence-corrected chi connectivity index (χ0v) is 11.3. The molecule has 0 spiro atoms. The Bertz CT molecular complexity index is 427. The van der Waals surface area contributed by atoms with Crippen LogP contribution in [0.15, 0.2) is 24.3 Å². The summed E-state index contributed by atoms with van der Waals surface area (Å²) in [5, 5.41) is 9.59. The van der Waals surface area contributed by atoms with Crippen molar-refractivity contribution in [3.8, 4) is 0 Å². The molecule has 104 valence electrons. The summed E-state index contributed by atoms with van der Waals surface area (Å²) < 4.78 is 5.17. The Labute approximate surface area is 114 Å². The average Bonchev–Trinajstić information content (AvgIpc) is 2.42. The predicted molar refractivity (Wildman–Crippen MR) is 73.0 cm³/mol. The molecule has 1 aliphatic rings. The molecule has 1 unspecified atom stereocenters. The number of aliphatic carboxylic acids is 1. The lowest BCUT2D eigenvalue weighted by atomic mass is 9.97. The number of methoxy groups -OCH3 is 1. The summed E-state index contributed by atoms with van der Waals surface area (Å²) >= 11 is 0. The third-order valence-electron chi connectivity index (χ3n) is 3.64. The van der Waals surface area contributed by atoms with Crippen LogP contribution in [-0.4, -0.2) is 36.2 Å². The van der Waals surface area contributed by atoms with E-state index in [-0.39, 0.29) is 0 Å². The number of carboxylic acids is 1. The van der Waals surface area contributed by atoms with Crippen molar-refractivity contribution in [3.05, 3.63) is 35.4 Å². The highest BCUT2D eigenvalue weighted by molar-refractivity contribution is 5.76. The second-order valence-electron chi connectivity index (χ2n) is 4.97. The summed E-state index contributed by atoms with van der Waals surface area (Å²) in [4.78, 5) is 13.7. The molecule has 4 nitrogen and oxygen atoms in total. The number of hydrogen-bond donors (Lipinski definition) is 1. The first kappa shape index (κ1) is 14.0. The van der Waals surface area contributed by atoms with Gasteiger partial charge in [0.15, 0.2) is 0 Å². The number of piperidine rings is 1. The van der Waals surface area contributed by atoms with Gasteiger partial charge in [-0.15, -0.1) is 0 Å². The summed E-state index contributed by atoms with van der Waals surface area (Å²) in [6, 6.07) is 7.12. The maximum absolute atomic E-state index is 11.7. The quantitative estimate of drug-likeness (QED) is 0.886. The van der Waals surface area contributed by atoms with E-state index >= 15 is 0 Å². The first-order chi connectivity index (χ1) is 9.24. The molecule has 0 bridgehead atoms. The van der Waals surface area contributed by atoms with E-state index in [1.807, 2.05) is 24.3 Å². The Morgan fingerprint density at radius 1 is 1.32 bits per heavy atom. The molecule has 1 aromatic rings. The van der Waals surface area contributed by atoms with Crippen LogP contribution < -0.4 is 0 Å².